The third kappa shape index (κ3) is 14.6. The summed E-state index contributed by atoms with van der Waals surface area (Å²) in [5.74, 6) is -0.183. The Morgan fingerprint density at radius 1 is 0.923 bits per heavy atom. The Hall–Kier alpha value is -0.280. The molecule has 0 rings (SSSR count). The zero-order valence-corrected chi connectivity index (χ0v) is 8.94. The van der Waals surface area contributed by atoms with E-state index in [1.807, 2.05) is 0 Å². The van der Waals surface area contributed by atoms with E-state index in [1.54, 1.807) is 0 Å². The fourth-order valence-electron chi connectivity index (χ4n) is 1.15. The average molecular weight is 209 g/mol. The third-order valence-electron chi connectivity index (χ3n) is 1.88. The lowest BCUT2D eigenvalue weighted by atomic mass is 10.1. The number of hydrogen-bond acceptors (Lipinski definition) is 2. The van der Waals surface area contributed by atoms with E-state index in [4.69, 9.17) is 11.5 Å². The molecule has 0 radical (unpaired) electrons. The van der Waals surface area contributed by atoms with Crippen LogP contribution in [0.2, 0.25) is 0 Å². The summed E-state index contributed by atoms with van der Waals surface area (Å²) in [6.45, 7) is 0.793. The lowest BCUT2D eigenvalue weighted by molar-refractivity contribution is -0.118. The largest absolute Gasteiger partial charge is 0.370 e. The fraction of sp³-hybridized carbons (Fsp3) is 0.889. The standard InChI is InChI=1S/C9H20N2O.ClH/c10-8-6-4-2-1-3-5-7-9(11)12;/h1-8,10H2,(H2,11,12);1H. The van der Waals surface area contributed by atoms with Gasteiger partial charge in [0.25, 0.3) is 0 Å². The lowest BCUT2D eigenvalue weighted by Gasteiger charge is -1.98. The van der Waals surface area contributed by atoms with Gasteiger partial charge in [-0.3, -0.25) is 4.79 Å². The van der Waals surface area contributed by atoms with Gasteiger partial charge in [0.05, 0.1) is 0 Å². The van der Waals surface area contributed by atoms with Crippen molar-refractivity contribution in [3.05, 3.63) is 0 Å². The van der Waals surface area contributed by atoms with Crippen LogP contribution >= 0.6 is 12.4 Å². The molecule has 13 heavy (non-hydrogen) atoms. The second-order valence-electron chi connectivity index (χ2n) is 3.13. The van der Waals surface area contributed by atoms with E-state index in [9.17, 15) is 4.79 Å². The van der Waals surface area contributed by atoms with Crippen LogP contribution < -0.4 is 11.5 Å². The number of unbranched alkanes of at least 4 members (excludes halogenated alkanes) is 5. The normalized spacial score (nSPS) is 9.31. The first kappa shape index (κ1) is 15.2. The first-order valence-corrected chi connectivity index (χ1v) is 4.75. The molecule has 0 bridgehead atoms. The van der Waals surface area contributed by atoms with Crippen molar-refractivity contribution in [3.8, 4) is 0 Å². The number of amides is 1. The van der Waals surface area contributed by atoms with Crippen molar-refractivity contribution < 1.29 is 4.79 Å². The molecule has 0 heterocycles. The summed E-state index contributed by atoms with van der Waals surface area (Å²) in [5, 5.41) is 0. The number of carbonyl (C=O) groups excluding carboxylic acids is 1. The van der Waals surface area contributed by atoms with Crippen molar-refractivity contribution in [2.45, 2.75) is 44.9 Å². The van der Waals surface area contributed by atoms with Gasteiger partial charge in [-0.05, 0) is 19.4 Å². The zero-order valence-electron chi connectivity index (χ0n) is 8.13. The Kier molecular flexibility index (Phi) is 13.7. The molecule has 80 valence electrons. The molecule has 3 nitrogen and oxygen atoms in total. The summed E-state index contributed by atoms with van der Waals surface area (Å²) in [6, 6.07) is 0. The van der Waals surface area contributed by atoms with Crippen LogP contribution in [0.5, 0.6) is 0 Å². The van der Waals surface area contributed by atoms with Crippen molar-refractivity contribution in [2.24, 2.45) is 11.5 Å². The predicted molar refractivity (Wildman–Crippen MR) is 57.8 cm³/mol. The van der Waals surface area contributed by atoms with Crippen LogP contribution in [-0.2, 0) is 4.79 Å². The van der Waals surface area contributed by atoms with Gasteiger partial charge in [-0.25, -0.2) is 0 Å². The SMILES string of the molecule is Cl.NCCCCCCCCC(N)=O. The summed E-state index contributed by atoms with van der Waals surface area (Å²) >= 11 is 0. The van der Waals surface area contributed by atoms with Crippen molar-refractivity contribution in [2.75, 3.05) is 6.54 Å². The summed E-state index contributed by atoms with van der Waals surface area (Å²) in [4.78, 5) is 10.3. The average Bonchev–Trinajstić information content (AvgIpc) is 2.02. The highest BCUT2D eigenvalue weighted by molar-refractivity contribution is 5.85. The Morgan fingerprint density at radius 2 is 1.38 bits per heavy atom. The molecule has 0 aromatic carbocycles. The molecular weight excluding hydrogens is 188 g/mol. The maximum absolute atomic E-state index is 10.3. The van der Waals surface area contributed by atoms with Gasteiger partial charge in [0, 0.05) is 6.42 Å². The zero-order chi connectivity index (χ0) is 9.23. The molecule has 0 atom stereocenters. The molecule has 0 fully saturated rings. The molecule has 4 N–H and O–H groups in total. The molecule has 0 aromatic rings. The monoisotopic (exact) mass is 208 g/mol. The van der Waals surface area contributed by atoms with Crippen LogP contribution in [0.1, 0.15) is 44.9 Å². The maximum Gasteiger partial charge on any atom is 0.217 e. The topological polar surface area (TPSA) is 69.1 Å². The van der Waals surface area contributed by atoms with E-state index in [-0.39, 0.29) is 18.3 Å². The Labute approximate surface area is 86.7 Å². The second kappa shape index (κ2) is 11.7. The molecular formula is C9H21ClN2O. The second-order valence-corrected chi connectivity index (χ2v) is 3.13. The minimum absolute atomic E-state index is 0. The molecule has 0 spiro atoms. The van der Waals surface area contributed by atoms with Gasteiger partial charge in [-0.2, -0.15) is 0 Å². The van der Waals surface area contributed by atoms with E-state index < -0.39 is 0 Å². The highest BCUT2D eigenvalue weighted by atomic mass is 35.5. The van der Waals surface area contributed by atoms with E-state index in [0.717, 1.165) is 25.8 Å². The van der Waals surface area contributed by atoms with Crippen molar-refractivity contribution in [3.63, 3.8) is 0 Å². The molecule has 0 aromatic heterocycles. The van der Waals surface area contributed by atoms with Crippen LogP contribution in [0.3, 0.4) is 0 Å². The summed E-state index contributed by atoms with van der Waals surface area (Å²) in [5.41, 5.74) is 10.3. The van der Waals surface area contributed by atoms with E-state index in [1.165, 1.54) is 19.3 Å². The molecule has 0 saturated carbocycles. The van der Waals surface area contributed by atoms with Gasteiger partial charge >= 0.3 is 0 Å². The predicted octanol–water partition coefficient (Wildman–Crippen LogP) is 1.58. The van der Waals surface area contributed by atoms with Crippen LogP contribution in [0, 0.1) is 0 Å². The lowest BCUT2D eigenvalue weighted by Crippen LogP contribution is -2.09. The Balaban J connectivity index is 0. The smallest absolute Gasteiger partial charge is 0.217 e. The van der Waals surface area contributed by atoms with Crippen molar-refractivity contribution in [1.82, 2.24) is 0 Å². The number of hydrogen-bond donors (Lipinski definition) is 2. The number of rotatable bonds is 8. The summed E-state index contributed by atoms with van der Waals surface area (Å²) in [6.07, 6.45) is 7.37. The van der Waals surface area contributed by atoms with Crippen LogP contribution in [0.15, 0.2) is 0 Å². The highest BCUT2D eigenvalue weighted by Gasteiger charge is 1.94. The summed E-state index contributed by atoms with van der Waals surface area (Å²) < 4.78 is 0. The minimum Gasteiger partial charge on any atom is -0.370 e. The Bertz CT molecular complexity index is 120. The quantitative estimate of drug-likeness (QED) is 0.595. The van der Waals surface area contributed by atoms with E-state index >= 15 is 0 Å². The highest BCUT2D eigenvalue weighted by Crippen LogP contribution is 2.05. The van der Waals surface area contributed by atoms with E-state index in [0.29, 0.717) is 6.42 Å². The molecule has 0 aliphatic carbocycles. The van der Waals surface area contributed by atoms with E-state index in [2.05, 4.69) is 0 Å². The van der Waals surface area contributed by atoms with Gasteiger partial charge in [0.15, 0.2) is 0 Å². The first-order chi connectivity index (χ1) is 5.77. The maximum atomic E-state index is 10.3. The van der Waals surface area contributed by atoms with Gasteiger partial charge in [-0.1, -0.05) is 25.7 Å². The molecule has 0 unspecified atom stereocenters. The van der Waals surface area contributed by atoms with Crippen LogP contribution in [-0.4, -0.2) is 12.5 Å². The van der Waals surface area contributed by atoms with Crippen LogP contribution in [0.4, 0.5) is 0 Å². The Morgan fingerprint density at radius 3 is 1.85 bits per heavy atom. The molecule has 0 aliphatic heterocycles. The fourth-order valence-corrected chi connectivity index (χ4v) is 1.15. The number of halogens is 1. The van der Waals surface area contributed by atoms with Crippen molar-refractivity contribution in [1.29, 1.82) is 0 Å². The third-order valence-corrected chi connectivity index (χ3v) is 1.88. The first-order valence-electron chi connectivity index (χ1n) is 4.75. The molecule has 1 amide bonds. The van der Waals surface area contributed by atoms with Gasteiger partial charge < -0.3 is 11.5 Å². The number of nitrogens with two attached hydrogens (primary N) is 2. The molecule has 0 saturated heterocycles. The molecule has 4 heteroatoms. The molecule has 0 aliphatic rings. The summed E-state index contributed by atoms with van der Waals surface area (Å²) in [7, 11) is 0. The number of primary amides is 1. The van der Waals surface area contributed by atoms with Crippen molar-refractivity contribution >= 4 is 18.3 Å². The van der Waals surface area contributed by atoms with Crippen LogP contribution in [0.25, 0.3) is 0 Å². The number of carbonyl (C=O) groups is 1. The minimum atomic E-state index is -0.183. The van der Waals surface area contributed by atoms with Gasteiger partial charge in [-0.15, -0.1) is 12.4 Å². The van der Waals surface area contributed by atoms with Gasteiger partial charge in [0.2, 0.25) is 5.91 Å². The van der Waals surface area contributed by atoms with Gasteiger partial charge in [0.1, 0.15) is 0 Å².